The number of hydrogen-bond donors (Lipinski definition) is 0. The Balaban J connectivity index is 0.00000121. The summed E-state index contributed by atoms with van der Waals surface area (Å²) in [4.78, 5) is 0. The van der Waals surface area contributed by atoms with Crippen molar-refractivity contribution in [1.82, 2.24) is 0 Å². The van der Waals surface area contributed by atoms with Gasteiger partial charge < -0.3 is 4.74 Å². The largest absolute Gasteiger partial charge is 0.547 e. The van der Waals surface area contributed by atoms with Gasteiger partial charge in [-0.25, -0.2) is 6.61 Å². The molecule has 1 heterocycles. The molecule has 1 aliphatic rings. The monoisotopic (exact) mass is 389 g/mol. The molecule has 0 aliphatic carbocycles. The second-order valence-electron chi connectivity index (χ2n) is 2.99. The summed E-state index contributed by atoms with van der Waals surface area (Å²) in [6, 6.07) is 0. The van der Waals surface area contributed by atoms with E-state index in [1.165, 1.54) is 0 Å². The van der Waals surface area contributed by atoms with Crippen LogP contribution < -0.4 is 0 Å². The molecule has 0 amide bonds. The Bertz CT molecular complexity index is 136. The summed E-state index contributed by atoms with van der Waals surface area (Å²) in [6.45, 7) is 9.34. The van der Waals surface area contributed by atoms with Crippen LogP contribution in [0.3, 0.4) is 0 Å². The molecule has 0 saturated carbocycles. The van der Waals surface area contributed by atoms with Gasteiger partial charge in [-0.3, -0.25) is 0 Å². The molecule has 0 spiro atoms. The zero-order valence-electron chi connectivity index (χ0n) is 7.38. The second kappa shape index (κ2) is 6.02. The zero-order valence-corrected chi connectivity index (χ0v) is 11.5. The van der Waals surface area contributed by atoms with Gasteiger partial charge in [0.25, 0.3) is 0 Å². The Labute approximate surface area is 98.6 Å². The van der Waals surface area contributed by atoms with Crippen molar-refractivity contribution in [2.45, 2.75) is 31.3 Å². The predicted molar refractivity (Wildman–Crippen MR) is 47.0 cm³/mol. The molecular weight excluding hydrogens is 374 g/mol. The molecule has 0 radical (unpaired) electrons. The Hall–Kier alpha value is 0.492. The van der Waals surface area contributed by atoms with E-state index in [0.717, 1.165) is 25.7 Å². The molecule has 1 rings (SSSR count). The number of rotatable bonds is 4. The predicted octanol–water partition coefficient (Wildman–Crippen LogP) is 2.85. The smallest absolute Gasteiger partial charge is 0.0393 e. The van der Waals surface area contributed by atoms with E-state index in [0.29, 0.717) is 0 Å². The molecule has 1 saturated heterocycles. The first-order valence-electron chi connectivity index (χ1n) is 4.04. The van der Waals surface area contributed by atoms with E-state index in [4.69, 9.17) is 4.74 Å². The first-order valence-corrected chi connectivity index (χ1v) is 4.04. The van der Waals surface area contributed by atoms with Crippen molar-refractivity contribution in [3.63, 3.8) is 0 Å². The van der Waals surface area contributed by atoms with E-state index < -0.39 is 0 Å². The molecular formula is C10H15OU-. The summed E-state index contributed by atoms with van der Waals surface area (Å²) in [6.07, 6.45) is 7.85. The normalized spacial score (nSPS) is 19.7. The maximum Gasteiger partial charge on any atom is 0.0393 e. The van der Waals surface area contributed by atoms with E-state index >= 15 is 0 Å². The summed E-state index contributed by atoms with van der Waals surface area (Å²) in [5.74, 6) is 0. The van der Waals surface area contributed by atoms with Crippen molar-refractivity contribution in [2.75, 3.05) is 0 Å². The standard InChI is InChI=1S/C10H15O.U/c1-3-6-10(7-4-2)8-5-9-11-10;/h3-4,9H,1-2,5-8H2;/q-1;. The summed E-state index contributed by atoms with van der Waals surface area (Å²) >= 11 is 0. The Kier molecular flexibility index (Phi) is 6.27. The van der Waals surface area contributed by atoms with E-state index in [2.05, 4.69) is 13.2 Å². The topological polar surface area (TPSA) is 9.23 Å². The van der Waals surface area contributed by atoms with Crippen LogP contribution in [0.25, 0.3) is 0 Å². The minimum atomic E-state index is 0. The van der Waals surface area contributed by atoms with Crippen molar-refractivity contribution in [1.29, 1.82) is 0 Å². The molecule has 2 heteroatoms. The number of hydrogen-bond acceptors (Lipinski definition) is 1. The minimum absolute atomic E-state index is 0. The van der Waals surface area contributed by atoms with Gasteiger partial charge in [0.1, 0.15) is 0 Å². The van der Waals surface area contributed by atoms with Crippen molar-refractivity contribution < 1.29 is 35.9 Å². The number of ether oxygens (including phenoxy) is 1. The zero-order chi connectivity index (χ0) is 8.16. The second-order valence-corrected chi connectivity index (χ2v) is 2.99. The Morgan fingerprint density at radius 1 is 1.33 bits per heavy atom. The fourth-order valence-corrected chi connectivity index (χ4v) is 1.53. The van der Waals surface area contributed by atoms with Crippen LogP contribution in [0.4, 0.5) is 0 Å². The third kappa shape index (κ3) is 3.09. The first kappa shape index (κ1) is 12.5. The van der Waals surface area contributed by atoms with Gasteiger partial charge in [0, 0.05) is 36.7 Å². The molecule has 0 unspecified atom stereocenters. The summed E-state index contributed by atoms with van der Waals surface area (Å²) < 4.78 is 5.55. The van der Waals surface area contributed by atoms with Crippen LogP contribution in [0.2, 0.25) is 0 Å². The minimum Gasteiger partial charge on any atom is -0.547 e. The van der Waals surface area contributed by atoms with E-state index in [-0.39, 0.29) is 36.7 Å². The molecule has 1 nitrogen and oxygen atoms in total. The van der Waals surface area contributed by atoms with Crippen molar-refractivity contribution in [2.24, 2.45) is 0 Å². The SMILES string of the molecule is C=CCC1(CC=C)CC[CH-]O1.[U]. The molecule has 0 aromatic heterocycles. The Morgan fingerprint density at radius 3 is 2.25 bits per heavy atom. The molecule has 66 valence electrons. The van der Waals surface area contributed by atoms with Crippen LogP contribution in [0, 0.1) is 37.7 Å². The van der Waals surface area contributed by atoms with Gasteiger partial charge in [-0.15, -0.1) is 13.2 Å². The van der Waals surface area contributed by atoms with Crippen LogP contribution in [0.5, 0.6) is 0 Å². The fraction of sp³-hybridized carbons (Fsp3) is 0.500. The van der Waals surface area contributed by atoms with Gasteiger partial charge in [0.2, 0.25) is 0 Å². The van der Waals surface area contributed by atoms with Gasteiger partial charge >= 0.3 is 0 Å². The van der Waals surface area contributed by atoms with Crippen LogP contribution in [-0.4, -0.2) is 5.60 Å². The first-order chi connectivity index (χ1) is 5.33. The van der Waals surface area contributed by atoms with Crippen LogP contribution >= 0.6 is 0 Å². The molecule has 0 bridgehead atoms. The van der Waals surface area contributed by atoms with Gasteiger partial charge in [0.05, 0.1) is 0 Å². The fourth-order valence-electron chi connectivity index (χ4n) is 1.53. The quantitative estimate of drug-likeness (QED) is 0.531. The van der Waals surface area contributed by atoms with Crippen molar-refractivity contribution in [3.05, 3.63) is 31.9 Å². The Morgan fingerprint density at radius 2 is 1.92 bits per heavy atom. The van der Waals surface area contributed by atoms with Gasteiger partial charge in [-0.1, -0.05) is 18.6 Å². The van der Waals surface area contributed by atoms with E-state index in [1.807, 2.05) is 18.8 Å². The molecule has 1 aliphatic heterocycles. The van der Waals surface area contributed by atoms with Crippen molar-refractivity contribution >= 4 is 0 Å². The van der Waals surface area contributed by atoms with Crippen LogP contribution in [-0.2, 0) is 4.74 Å². The molecule has 12 heavy (non-hydrogen) atoms. The van der Waals surface area contributed by atoms with Crippen LogP contribution in [0.15, 0.2) is 25.3 Å². The van der Waals surface area contributed by atoms with Gasteiger partial charge in [-0.2, -0.15) is 6.42 Å². The third-order valence-corrected chi connectivity index (χ3v) is 2.08. The van der Waals surface area contributed by atoms with Gasteiger partial charge in [-0.05, 0) is 12.8 Å². The molecule has 0 aromatic carbocycles. The molecule has 0 aromatic rings. The third-order valence-electron chi connectivity index (χ3n) is 2.08. The maximum atomic E-state index is 5.55. The molecule has 0 atom stereocenters. The average Bonchev–Trinajstić information content (AvgIpc) is 2.39. The average molecular weight is 389 g/mol. The van der Waals surface area contributed by atoms with Crippen LogP contribution in [0.1, 0.15) is 25.7 Å². The summed E-state index contributed by atoms with van der Waals surface area (Å²) in [5, 5.41) is 0. The summed E-state index contributed by atoms with van der Waals surface area (Å²) in [5.41, 5.74) is 0.00347. The summed E-state index contributed by atoms with van der Waals surface area (Å²) in [7, 11) is 0. The van der Waals surface area contributed by atoms with Gasteiger partial charge in [0.15, 0.2) is 0 Å². The molecule has 0 N–H and O–H groups in total. The van der Waals surface area contributed by atoms with E-state index in [1.54, 1.807) is 0 Å². The van der Waals surface area contributed by atoms with Crippen molar-refractivity contribution in [3.8, 4) is 0 Å². The molecule has 1 fully saturated rings. The van der Waals surface area contributed by atoms with E-state index in [9.17, 15) is 0 Å². The maximum absolute atomic E-state index is 5.55.